The quantitative estimate of drug-likeness (QED) is 0.860. The molecule has 1 unspecified atom stereocenters. The van der Waals surface area contributed by atoms with Crippen LogP contribution in [0.3, 0.4) is 0 Å². The van der Waals surface area contributed by atoms with E-state index in [9.17, 15) is 4.79 Å². The molecule has 0 radical (unpaired) electrons. The van der Waals surface area contributed by atoms with E-state index in [4.69, 9.17) is 0 Å². The van der Waals surface area contributed by atoms with Gasteiger partial charge in [-0.05, 0) is 49.6 Å². The molecular formula is C20H26N4O. The van der Waals surface area contributed by atoms with E-state index < -0.39 is 0 Å². The summed E-state index contributed by atoms with van der Waals surface area (Å²) in [6, 6.07) is 8.25. The van der Waals surface area contributed by atoms with Crippen molar-refractivity contribution in [2.24, 2.45) is 12.5 Å². The van der Waals surface area contributed by atoms with Gasteiger partial charge in [0.15, 0.2) is 0 Å². The highest BCUT2D eigenvalue weighted by molar-refractivity contribution is 5.85. The third-order valence-electron chi connectivity index (χ3n) is 5.79. The Hall–Kier alpha value is -2.14. The van der Waals surface area contributed by atoms with E-state index in [1.165, 1.54) is 5.69 Å². The predicted molar refractivity (Wildman–Crippen MR) is 96.6 cm³/mol. The minimum atomic E-state index is -0.175. The molecule has 5 heteroatoms. The van der Waals surface area contributed by atoms with Crippen molar-refractivity contribution < 1.29 is 4.79 Å². The first-order valence-corrected chi connectivity index (χ1v) is 9.17. The number of piperidine rings is 1. The summed E-state index contributed by atoms with van der Waals surface area (Å²) in [5.74, 6) is 0.341. The average Bonchev–Trinajstić information content (AvgIpc) is 3.15. The maximum Gasteiger partial charge on any atom is 0.230 e. The Labute approximate surface area is 149 Å². The largest absolute Gasteiger partial charge is 0.353 e. The number of hydrogen-bond donors (Lipinski definition) is 0. The predicted octanol–water partition coefficient (Wildman–Crippen LogP) is 2.43. The zero-order valence-electron chi connectivity index (χ0n) is 14.9. The summed E-state index contributed by atoms with van der Waals surface area (Å²) in [7, 11) is 2.09. The summed E-state index contributed by atoms with van der Waals surface area (Å²) in [5, 5.41) is 0. The number of pyridine rings is 1. The fraction of sp³-hybridized carbons (Fsp3) is 0.500. The average molecular weight is 338 g/mol. The van der Waals surface area contributed by atoms with Gasteiger partial charge in [0, 0.05) is 57.5 Å². The second-order valence-electron chi connectivity index (χ2n) is 7.54. The SMILES string of the molecule is Cn1cccc1CN1CCCC2(CCN(Cc3cccnc3)C2=O)C1. The van der Waals surface area contributed by atoms with Crippen LogP contribution in [0.2, 0.25) is 0 Å². The standard InChI is InChI=1S/C20H26N4O/c1-22-10-3-6-18(22)15-23-11-4-7-20(16-23)8-12-24(19(20)25)14-17-5-2-9-21-13-17/h2-3,5-6,9-10,13H,4,7-8,11-12,14-16H2,1H3. The molecule has 0 aliphatic carbocycles. The van der Waals surface area contributed by atoms with Crippen molar-refractivity contribution >= 4 is 5.91 Å². The van der Waals surface area contributed by atoms with Gasteiger partial charge in [0.2, 0.25) is 5.91 Å². The van der Waals surface area contributed by atoms with Crippen LogP contribution in [0.1, 0.15) is 30.5 Å². The third-order valence-corrected chi connectivity index (χ3v) is 5.79. The van der Waals surface area contributed by atoms with Crippen molar-refractivity contribution in [3.05, 3.63) is 54.1 Å². The molecular weight excluding hydrogens is 312 g/mol. The molecule has 1 amide bonds. The molecule has 2 aromatic heterocycles. The molecule has 2 aliphatic heterocycles. The molecule has 1 spiro atoms. The highest BCUT2D eigenvalue weighted by Crippen LogP contribution is 2.41. The van der Waals surface area contributed by atoms with Crippen LogP contribution in [0.15, 0.2) is 42.9 Å². The van der Waals surface area contributed by atoms with E-state index in [1.54, 1.807) is 6.20 Å². The molecule has 132 valence electrons. The highest BCUT2D eigenvalue weighted by Gasteiger charge is 2.48. The van der Waals surface area contributed by atoms with Crippen LogP contribution < -0.4 is 0 Å². The van der Waals surface area contributed by atoms with Crippen LogP contribution in [0.5, 0.6) is 0 Å². The second kappa shape index (κ2) is 6.64. The fourth-order valence-electron chi connectivity index (χ4n) is 4.39. The molecule has 2 aliphatic rings. The third kappa shape index (κ3) is 3.21. The molecule has 4 rings (SSSR count). The van der Waals surface area contributed by atoms with Crippen molar-refractivity contribution in [3.8, 4) is 0 Å². The zero-order chi connectivity index (χ0) is 17.3. The molecule has 1 atom stereocenters. The van der Waals surface area contributed by atoms with Crippen molar-refractivity contribution in [2.45, 2.75) is 32.4 Å². The number of rotatable bonds is 4. The number of carbonyl (C=O) groups excluding carboxylic acids is 1. The van der Waals surface area contributed by atoms with Gasteiger partial charge in [-0.2, -0.15) is 0 Å². The first-order chi connectivity index (χ1) is 12.2. The zero-order valence-corrected chi connectivity index (χ0v) is 14.9. The molecule has 4 heterocycles. The monoisotopic (exact) mass is 338 g/mol. The lowest BCUT2D eigenvalue weighted by atomic mass is 9.78. The molecule has 0 N–H and O–H groups in total. The molecule has 0 aromatic carbocycles. The Morgan fingerprint density at radius 2 is 2.08 bits per heavy atom. The maximum atomic E-state index is 13.2. The van der Waals surface area contributed by atoms with E-state index in [-0.39, 0.29) is 5.41 Å². The first-order valence-electron chi connectivity index (χ1n) is 9.17. The van der Waals surface area contributed by atoms with Gasteiger partial charge in [0.25, 0.3) is 0 Å². The number of carbonyl (C=O) groups is 1. The summed E-state index contributed by atoms with van der Waals surface area (Å²) in [4.78, 5) is 21.8. The Bertz CT molecular complexity index is 741. The smallest absolute Gasteiger partial charge is 0.230 e. The number of nitrogens with zero attached hydrogens (tertiary/aromatic N) is 4. The van der Waals surface area contributed by atoms with Gasteiger partial charge >= 0.3 is 0 Å². The molecule has 2 aromatic rings. The summed E-state index contributed by atoms with van der Waals surface area (Å²) < 4.78 is 2.17. The molecule has 0 saturated carbocycles. The number of aryl methyl sites for hydroxylation is 1. The van der Waals surface area contributed by atoms with Gasteiger partial charge in [-0.25, -0.2) is 0 Å². The Morgan fingerprint density at radius 3 is 2.84 bits per heavy atom. The molecule has 2 fully saturated rings. The van der Waals surface area contributed by atoms with E-state index in [0.717, 1.165) is 51.0 Å². The molecule has 25 heavy (non-hydrogen) atoms. The summed E-state index contributed by atoms with van der Waals surface area (Å²) >= 11 is 0. The summed E-state index contributed by atoms with van der Waals surface area (Å²) in [5.41, 5.74) is 2.25. The van der Waals surface area contributed by atoms with Crippen LogP contribution in [-0.4, -0.2) is 44.9 Å². The van der Waals surface area contributed by atoms with Gasteiger partial charge in [0.1, 0.15) is 0 Å². The minimum absolute atomic E-state index is 0.175. The Balaban J connectivity index is 1.44. The maximum absolute atomic E-state index is 13.2. The number of amides is 1. The Kier molecular flexibility index (Phi) is 4.34. The highest BCUT2D eigenvalue weighted by atomic mass is 16.2. The van der Waals surface area contributed by atoms with Crippen LogP contribution in [0.4, 0.5) is 0 Å². The van der Waals surface area contributed by atoms with E-state index in [1.807, 2.05) is 23.2 Å². The first kappa shape index (κ1) is 16.3. The fourth-order valence-corrected chi connectivity index (χ4v) is 4.39. The van der Waals surface area contributed by atoms with Gasteiger partial charge < -0.3 is 9.47 Å². The lowest BCUT2D eigenvalue weighted by molar-refractivity contribution is -0.139. The van der Waals surface area contributed by atoms with E-state index >= 15 is 0 Å². The second-order valence-corrected chi connectivity index (χ2v) is 7.54. The van der Waals surface area contributed by atoms with Crippen molar-refractivity contribution in [1.82, 2.24) is 19.4 Å². The molecule has 2 saturated heterocycles. The van der Waals surface area contributed by atoms with Crippen LogP contribution in [0.25, 0.3) is 0 Å². The molecule has 0 bridgehead atoms. The number of hydrogen-bond acceptors (Lipinski definition) is 3. The van der Waals surface area contributed by atoms with Gasteiger partial charge in [-0.3, -0.25) is 14.7 Å². The lowest BCUT2D eigenvalue weighted by Gasteiger charge is -2.39. The Morgan fingerprint density at radius 1 is 1.16 bits per heavy atom. The van der Waals surface area contributed by atoms with Crippen LogP contribution in [-0.2, 0) is 24.9 Å². The topological polar surface area (TPSA) is 41.4 Å². The summed E-state index contributed by atoms with van der Waals surface area (Å²) in [6.45, 7) is 4.46. The van der Waals surface area contributed by atoms with Crippen LogP contribution >= 0.6 is 0 Å². The van der Waals surface area contributed by atoms with Crippen molar-refractivity contribution in [3.63, 3.8) is 0 Å². The number of likely N-dealkylation sites (tertiary alicyclic amines) is 2. The van der Waals surface area contributed by atoms with Crippen LogP contribution in [0, 0.1) is 5.41 Å². The normalized spacial score (nSPS) is 24.4. The summed E-state index contributed by atoms with van der Waals surface area (Å²) in [6.07, 6.45) is 8.84. The van der Waals surface area contributed by atoms with E-state index in [2.05, 4.69) is 39.8 Å². The molecule has 5 nitrogen and oxygen atoms in total. The van der Waals surface area contributed by atoms with E-state index in [0.29, 0.717) is 12.5 Å². The van der Waals surface area contributed by atoms with Gasteiger partial charge in [-0.15, -0.1) is 0 Å². The van der Waals surface area contributed by atoms with Crippen molar-refractivity contribution in [2.75, 3.05) is 19.6 Å². The van der Waals surface area contributed by atoms with Gasteiger partial charge in [0.05, 0.1) is 5.41 Å². The van der Waals surface area contributed by atoms with Gasteiger partial charge in [-0.1, -0.05) is 6.07 Å². The lowest BCUT2D eigenvalue weighted by Crippen LogP contribution is -2.47. The minimum Gasteiger partial charge on any atom is -0.353 e. The number of aromatic nitrogens is 2. The van der Waals surface area contributed by atoms with Crippen molar-refractivity contribution in [1.29, 1.82) is 0 Å².